The van der Waals surface area contributed by atoms with Crippen molar-refractivity contribution in [1.29, 1.82) is 0 Å². The SMILES string of the molecule is CC1CCCN1C1CCN(c2ccc(NC(=O)c3ccc(S(C)(=O)=O)cc3)c(C(F)(F)F)c2)C1. The van der Waals surface area contributed by atoms with E-state index in [-0.39, 0.29) is 16.1 Å². The molecular formula is C24H28F3N3O3S. The van der Waals surface area contributed by atoms with Crippen LogP contribution in [0.1, 0.15) is 42.1 Å². The highest BCUT2D eigenvalue weighted by molar-refractivity contribution is 7.90. The smallest absolute Gasteiger partial charge is 0.370 e. The van der Waals surface area contributed by atoms with E-state index in [2.05, 4.69) is 17.1 Å². The minimum Gasteiger partial charge on any atom is -0.370 e. The van der Waals surface area contributed by atoms with Gasteiger partial charge in [-0.15, -0.1) is 0 Å². The van der Waals surface area contributed by atoms with Gasteiger partial charge in [-0.2, -0.15) is 13.2 Å². The number of carbonyl (C=O) groups excluding carboxylic acids is 1. The van der Waals surface area contributed by atoms with Gasteiger partial charge in [-0.25, -0.2) is 8.42 Å². The first-order chi connectivity index (χ1) is 15.9. The normalized spacial score (nSPS) is 21.7. The zero-order valence-corrected chi connectivity index (χ0v) is 19.9. The number of sulfone groups is 1. The lowest BCUT2D eigenvalue weighted by atomic mass is 10.1. The predicted octanol–water partition coefficient (Wildman–Crippen LogP) is 4.42. The molecule has 1 N–H and O–H groups in total. The van der Waals surface area contributed by atoms with Crippen molar-refractivity contribution in [2.24, 2.45) is 0 Å². The molecule has 2 saturated heterocycles. The van der Waals surface area contributed by atoms with Gasteiger partial charge in [0.1, 0.15) is 0 Å². The maximum Gasteiger partial charge on any atom is 0.418 e. The molecule has 6 nitrogen and oxygen atoms in total. The maximum atomic E-state index is 13.9. The number of nitrogens with zero attached hydrogens (tertiary/aromatic N) is 2. The average molecular weight is 496 g/mol. The van der Waals surface area contributed by atoms with Gasteiger partial charge in [0.15, 0.2) is 9.84 Å². The van der Waals surface area contributed by atoms with E-state index >= 15 is 0 Å². The first-order valence-electron chi connectivity index (χ1n) is 11.3. The molecule has 34 heavy (non-hydrogen) atoms. The summed E-state index contributed by atoms with van der Waals surface area (Å²) in [7, 11) is -3.44. The Morgan fingerprint density at radius 3 is 2.35 bits per heavy atom. The Kier molecular flexibility index (Phi) is 6.65. The largest absolute Gasteiger partial charge is 0.418 e. The number of hydrogen-bond donors (Lipinski definition) is 1. The molecule has 0 aliphatic carbocycles. The summed E-state index contributed by atoms with van der Waals surface area (Å²) < 4.78 is 64.8. The molecule has 184 valence electrons. The van der Waals surface area contributed by atoms with Crippen molar-refractivity contribution in [2.75, 3.05) is 36.1 Å². The first-order valence-corrected chi connectivity index (χ1v) is 13.2. The van der Waals surface area contributed by atoms with Crippen LogP contribution in [-0.4, -0.2) is 57.2 Å². The number of benzene rings is 2. The van der Waals surface area contributed by atoms with E-state index in [1.54, 1.807) is 6.07 Å². The topological polar surface area (TPSA) is 69.7 Å². The number of alkyl halides is 3. The van der Waals surface area contributed by atoms with E-state index in [1.165, 1.54) is 30.3 Å². The first kappa shape index (κ1) is 24.5. The molecule has 10 heteroatoms. The third kappa shape index (κ3) is 5.22. The Labute approximate surface area is 197 Å². The Bertz CT molecular complexity index is 1170. The molecule has 2 aromatic carbocycles. The molecule has 4 rings (SSSR count). The molecule has 0 aromatic heterocycles. The Morgan fingerprint density at radius 1 is 1.06 bits per heavy atom. The van der Waals surface area contributed by atoms with Gasteiger partial charge < -0.3 is 10.2 Å². The van der Waals surface area contributed by atoms with Crippen molar-refractivity contribution in [3.8, 4) is 0 Å². The molecule has 1 amide bonds. The lowest BCUT2D eigenvalue weighted by Gasteiger charge is -2.29. The fourth-order valence-corrected chi connectivity index (χ4v) is 5.50. The highest BCUT2D eigenvalue weighted by atomic mass is 32.2. The van der Waals surface area contributed by atoms with Gasteiger partial charge in [0.2, 0.25) is 0 Å². The van der Waals surface area contributed by atoms with Crippen molar-refractivity contribution in [3.63, 3.8) is 0 Å². The third-order valence-corrected chi connectivity index (χ3v) is 7.83. The number of rotatable bonds is 5. The van der Waals surface area contributed by atoms with E-state index in [4.69, 9.17) is 0 Å². The van der Waals surface area contributed by atoms with Crippen molar-refractivity contribution < 1.29 is 26.4 Å². The summed E-state index contributed by atoms with van der Waals surface area (Å²) in [6.07, 6.45) is -0.399. The van der Waals surface area contributed by atoms with E-state index in [1.807, 2.05) is 4.90 Å². The number of likely N-dealkylation sites (tertiary alicyclic amines) is 1. The quantitative estimate of drug-likeness (QED) is 0.665. The zero-order chi connectivity index (χ0) is 24.7. The van der Waals surface area contributed by atoms with Gasteiger partial charge in [0.05, 0.1) is 16.1 Å². The highest BCUT2D eigenvalue weighted by Gasteiger charge is 2.37. The van der Waals surface area contributed by atoms with Crippen molar-refractivity contribution >= 4 is 27.1 Å². The molecule has 2 aliphatic heterocycles. The number of anilines is 2. The second-order valence-electron chi connectivity index (χ2n) is 9.10. The minimum atomic E-state index is -4.65. The summed E-state index contributed by atoms with van der Waals surface area (Å²) in [6, 6.07) is 9.87. The van der Waals surface area contributed by atoms with Crippen LogP contribution in [0.5, 0.6) is 0 Å². The van der Waals surface area contributed by atoms with Crippen LogP contribution in [0, 0.1) is 0 Å². The van der Waals surface area contributed by atoms with Gasteiger partial charge in [-0.05, 0) is 75.2 Å². The van der Waals surface area contributed by atoms with Crippen LogP contribution in [0.15, 0.2) is 47.4 Å². The second kappa shape index (κ2) is 9.22. The summed E-state index contributed by atoms with van der Waals surface area (Å²) in [5.41, 5.74) is -0.703. The van der Waals surface area contributed by atoms with E-state index < -0.39 is 27.5 Å². The van der Waals surface area contributed by atoms with Crippen LogP contribution in [0.2, 0.25) is 0 Å². The van der Waals surface area contributed by atoms with E-state index in [0.717, 1.165) is 38.1 Å². The summed E-state index contributed by atoms with van der Waals surface area (Å²) >= 11 is 0. The predicted molar refractivity (Wildman–Crippen MR) is 125 cm³/mol. The maximum absolute atomic E-state index is 13.9. The molecule has 0 saturated carbocycles. The minimum absolute atomic E-state index is 0.0247. The molecule has 2 heterocycles. The van der Waals surface area contributed by atoms with Crippen LogP contribution < -0.4 is 10.2 Å². The Hall–Kier alpha value is -2.59. The average Bonchev–Trinajstić information content (AvgIpc) is 3.41. The number of amides is 1. The molecule has 2 atom stereocenters. The lowest BCUT2D eigenvalue weighted by molar-refractivity contribution is -0.136. The van der Waals surface area contributed by atoms with Crippen LogP contribution in [0.25, 0.3) is 0 Å². The molecule has 2 fully saturated rings. The third-order valence-electron chi connectivity index (χ3n) is 6.70. The summed E-state index contributed by atoms with van der Waals surface area (Å²) in [4.78, 5) is 17.0. The van der Waals surface area contributed by atoms with Gasteiger partial charge in [-0.3, -0.25) is 9.69 Å². The molecule has 2 aromatic rings. The number of hydrogen-bond acceptors (Lipinski definition) is 5. The highest BCUT2D eigenvalue weighted by Crippen LogP contribution is 2.38. The van der Waals surface area contributed by atoms with Gasteiger partial charge >= 0.3 is 6.18 Å². The zero-order valence-electron chi connectivity index (χ0n) is 19.1. The van der Waals surface area contributed by atoms with Crippen molar-refractivity contribution in [3.05, 3.63) is 53.6 Å². The molecule has 2 aliphatic rings. The number of nitrogens with one attached hydrogen (secondary N) is 1. The second-order valence-corrected chi connectivity index (χ2v) is 11.1. The fraction of sp³-hybridized carbons (Fsp3) is 0.458. The van der Waals surface area contributed by atoms with Gasteiger partial charge in [0.25, 0.3) is 5.91 Å². The van der Waals surface area contributed by atoms with Crippen LogP contribution in [0.3, 0.4) is 0 Å². The van der Waals surface area contributed by atoms with E-state index in [0.29, 0.717) is 30.9 Å². The standard InChI is InChI=1S/C24H28F3N3O3S/c1-16-4-3-12-30(16)19-11-13-29(15-19)18-7-10-22(21(14-18)24(25,26)27)28-23(31)17-5-8-20(9-6-17)34(2,32)33/h5-10,14,16,19H,3-4,11-13,15H2,1-2H3,(H,28,31). The Morgan fingerprint density at radius 2 is 1.76 bits per heavy atom. The van der Waals surface area contributed by atoms with Crippen molar-refractivity contribution in [2.45, 2.75) is 49.3 Å². The molecule has 0 bridgehead atoms. The molecule has 0 radical (unpaired) electrons. The summed E-state index contributed by atoms with van der Waals surface area (Å²) in [6.45, 7) is 4.59. The molecular weight excluding hydrogens is 467 g/mol. The van der Waals surface area contributed by atoms with E-state index in [9.17, 15) is 26.4 Å². The lowest BCUT2D eigenvalue weighted by Crippen LogP contribution is -2.39. The number of carbonyl (C=O) groups is 1. The van der Waals surface area contributed by atoms with Gasteiger partial charge in [0, 0.05) is 42.7 Å². The summed E-state index contributed by atoms with van der Waals surface area (Å²) in [5.74, 6) is -0.748. The number of halogens is 3. The summed E-state index contributed by atoms with van der Waals surface area (Å²) in [5, 5.41) is 2.33. The molecule has 0 spiro atoms. The monoisotopic (exact) mass is 495 g/mol. The van der Waals surface area contributed by atoms with Crippen LogP contribution in [0.4, 0.5) is 24.5 Å². The molecule has 2 unspecified atom stereocenters. The van der Waals surface area contributed by atoms with Gasteiger partial charge in [-0.1, -0.05) is 0 Å². The van der Waals surface area contributed by atoms with Crippen LogP contribution in [-0.2, 0) is 16.0 Å². The Balaban J connectivity index is 1.53. The fourth-order valence-electron chi connectivity index (χ4n) is 4.87. The van der Waals surface area contributed by atoms with Crippen molar-refractivity contribution in [1.82, 2.24) is 4.90 Å². The van der Waals surface area contributed by atoms with Crippen LogP contribution >= 0.6 is 0 Å².